The Kier molecular flexibility index (Phi) is 3.85. The van der Waals surface area contributed by atoms with Crippen LogP contribution >= 0.6 is 27.5 Å². The molecule has 3 nitrogen and oxygen atoms in total. The summed E-state index contributed by atoms with van der Waals surface area (Å²) in [5.74, 6) is 0. The molecule has 0 fully saturated rings. The van der Waals surface area contributed by atoms with Gasteiger partial charge in [-0.2, -0.15) is 0 Å². The molecular weight excluding hydrogens is 338 g/mol. The number of hydrogen-bond donors (Lipinski definition) is 1. The smallest absolute Gasteiger partial charge is 0.143 e. The minimum Gasteiger partial charge on any atom is -0.380 e. The predicted molar refractivity (Wildman–Crippen MR) is 86.0 cm³/mol. The molecule has 1 aromatic carbocycles. The minimum absolute atomic E-state index is 0.466. The average molecular weight is 349 g/mol. The van der Waals surface area contributed by atoms with Gasteiger partial charge in [0.05, 0.1) is 16.4 Å². The number of hydrogen-bond acceptors (Lipinski definition) is 3. The fourth-order valence-electron chi connectivity index (χ4n) is 1.96. The summed E-state index contributed by atoms with van der Waals surface area (Å²) >= 11 is 9.23. The molecule has 0 saturated carbocycles. The highest BCUT2D eigenvalue weighted by molar-refractivity contribution is 9.10. The van der Waals surface area contributed by atoms with Gasteiger partial charge < -0.3 is 5.32 Å². The van der Waals surface area contributed by atoms with Crippen molar-refractivity contribution in [3.05, 3.63) is 64.1 Å². The Morgan fingerprint density at radius 1 is 1.10 bits per heavy atom. The molecule has 2 aromatic heterocycles. The van der Waals surface area contributed by atoms with Gasteiger partial charge in [0, 0.05) is 24.3 Å². The molecule has 0 saturated heterocycles. The minimum atomic E-state index is 0.466. The number of aromatic nitrogens is 2. The second kappa shape index (κ2) is 5.77. The van der Waals surface area contributed by atoms with E-state index in [1.807, 2.05) is 18.3 Å². The van der Waals surface area contributed by atoms with E-state index in [0.29, 0.717) is 5.15 Å². The highest BCUT2D eigenvalue weighted by Crippen LogP contribution is 2.23. The molecule has 0 aliphatic carbocycles. The normalized spacial score (nSPS) is 10.7. The first-order chi connectivity index (χ1) is 9.72. The summed E-state index contributed by atoms with van der Waals surface area (Å²) in [5.41, 5.74) is 2.13. The van der Waals surface area contributed by atoms with Gasteiger partial charge in [-0.25, -0.2) is 4.98 Å². The van der Waals surface area contributed by atoms with Crippen LogP contribution in [0.1, 0.15) is 5.56 Å². The van der Waals surface area contributed by atoms with E-state index >= 15 is 0 Å². The summed E-state index contributed by atoms with van der Waals surface area (Å²) in [6.45, 7) is 0.730. The molecule has 20 heavy (non-hydrogen) atoms. The number of anilines is 1. The molecule has 2 heterocycles. The van der Waals surface area contributed by atoms with E-state index in [2.05, 4.69) is 49.4 Å². The highest BCUT2D eigenvalue weighted by Gasteiger charge is 2.01. The van der Waals surface area contributed by atoms with Crippen LogP contribution in [0, 0.1) is 0 Å². The van der Waals surface area contributed by atoms with Crippen molar-refractivity contribution in [3.63, 3.8) is 0 Å². The summed E-state index contributed by atoms with van der Waals surface area (Å²) in [5, 5.41) is 6.13. The van der Waals surface area contributed by atoms with Crippen molar-refractivity contribution < 1.29 is 0 Å². The molecule has 0 aliphatic heterocycles. The third-order valence-electron chi connectivity index (χ3n) is 3.00. The maximum absolute atomic E-state index is 5.87. The van der Waals surface area contributed by atoms with Crippen LogP contribution in [-0.2, 0) is 6.54 Å². The molecule has 0 amide bonds. The van der Waals surface area contributed by atoms with Crippen molar-refractivity contribution in [1.82, 2.24) is 9.97 Å². The van der Waals surface area contributed by atoms with Crippen molar-refractivity contribution in [2.24, 2.45) is 0 Å². The molecule has 1 N–H and O–H groups in total. The summed E-state index contributed by atoms with van der Waals surface area (Å²) in [7, 11) is 0. The van der Waals surface area contributed by atoms with Crippen LogP contribution in [0.25, 0.3) is 10.8 Å². The zero-order valence-corrected chi connectivity index (χ0v) is 12.8. The van der Waals surface area contributed by atoms with E-state index in [0.717, 1.165) is 22.1 Å². The Bertz CT molecular complexity index is 761. The molecule has 0 aliphatic rings. The Morgan fingerprint density at radius 2 is 2.00 bits per heavy atom. The molecular formula is C15H11BrClN3. The molecule has 3 aromatic rings. The summed E-state index contributed by atoms with van der Waals surface area (Å²) in [6, 6.07) is 10.3. The maximum Gasteiger partial charge on any atom is 0.143 e. The quantitative estimate of drug-likeness (QED) is 0.700. The average Bonchev–Trinajstić information content (AvgIpc) is 2.48. The highest BCUT2D eigenvalue weighted by atomic mass is 79.9. The largest absolute Gasteiger partial charge is 0.380 e. The third-order valence-corrected chi connectivity index (χ3v) is 4.13. The number of benzene rings is 1. The van der Waals surface area contributed by atoms with Crippen molar-refractivity contribution in [2.75, 3.05) is 5.32 Å². The fraction of sp³-hybridized carbons (Fsp3) is 0.0667. The van der Waals surface area contributed by atoms with Gasteiger partial charge in [0.2, 0.25) is 0 Å². The number of halogens is 2. The molecule has 100 valence electrons. The van der Waals surface area contributed by atoms with E-state index in [9.17, 15) is 0 Å². The second-order valence-corrected chi connectivity index (χ2v) is 5.62. The van der Waals surface area contributed by atoms with Gasteiger partial charge in [-0.05, 0) is 45.1 Å². The topological polar surface area (TPSA) is 37.8 Å². The monoisotopic (exact) mass is 347 g/mol. The van der Waals surface area contributed by atoms with E-state index in [-0.39, 0.29) is 0 Å². The lowest BCUT2D eigenvalue weighted by Crippen LogP contribution is -2.00. The van der Waals surface area contributed by atoms with Crippen LogP contribution in [0.4, 0.5) is 5.69 Å². The first kappa shape index (κ1) is 13.3. The van der Waals surface area contributed by atoms with E-state index < -0.39 is 0 Å². The molecule has 3 rings (SSSR count). The Labute approximate surface area is 130 Å². The number of rotatable bonds is 3. The van der Waals surface area contributed by atoms with E-state index in [4.69, 9.17) is 11.6 Å². The summed E-state index contributed by atoms with van der Waals surface area (Å²) in [6.07, 6.45) is 5.39. The second-order valence-electron chi connectivity index (χ2n) is 4.41. The SMILES string of the molecule is Clc1ncc(NCc2ccc3cnccc3c2)cc1Br. The van der Waals surface area contributed by atoms with Gasteiger partial charge in [0.15, 0.2) is 0 Å². The molecule has 0 radical (unpaired) electrons. The lowest BCUT2D eigenvalue weighted by atomic mass is 10.1. The number of nitrogens with one attached hydrogen (secondary N) is 1. The van der Waals surface area contributed by atoms with Gasteiger partial charge >= 0.3 is 0 Å². The van der Waals surface area contributed by atoms with Crippen LogP contribution in [0.3, 0.4) is 0 Å². The van der Waals surface area contributed by atoms with Crippen LogP contribution in [0.5, 0.6) is 0 Å². The standard InChI is InChI=1S/C15H11BrClN3/c16-14-6-13(9-20-15(14)17)19-7-10-1-2-12-8-18-4-3-11(12)5-10/h1-6,8-9,19H,7H2. The van der Waals surface area contributed by atoms with Gasteiger partial charge in [-0.3, -0.25) is 4.98 Å². The zero-order chi connectivity index (χ0) is 13.9. The van der Waals surface area contributed by atoms with Crippen LogP contribution < -0.4 is 5.32 Å². The maximum atomic E-state index is 5.87. The van der Waals surface area contributed by atoms with Gasteiger partial charge in [-0.1, -0.05) is 23.7 Å². The molecule has 0 bridgehead atoms. The van der Waals surface area contributed by atoms with Gasteiger partial charge in [-0.15, -0.1) is 0 Å². The number of nitrogens with zero attached hydrogens (tertiary/aromatic N) is 2. The lowest BCUT2D eigenvalue weighted by Gasteiger charge is -2.08. The Balaban J connectivity index is 1.77. The van der Waals surface area contributed by atoms with Crippen LogP contribution in [0.15, 0.2) is 53.4 Å². The van der Waals surface area contributed by atoms with Gasteiger partial charge in [0.1, 0.15) is 5.15 Å². The number of pyridine rings is 2. The summed E-state index contributed by atoms with van der Waals surface area (Å²) < 4.78 is 0.786. The zero-order valence-electron chi connectivity index (χ0n) is 10.5. The van der Waals surface area contributed by atoms with Crippen molar-refractivity contribution in [3.8, 4) is 0 Å². The predicted octanol–water partition coefficient (Wildman–Crippen LogP) is 4.66. The third kappa shape index (κ3) is 2.92. The molecule has 0 unspecified atom stereocenters. The van der Waals surface area contributed by atoms with Crippen LogP contribution in [0.2, 0.25) is 5.15 Å². The Hall–Kier alpha value is -1.65. The van der Waals surface area contributed by atoms with Crippen molar-refractivity contribution in [1.29, 1.82) is 0 Å². The molecule has 0 atom stereocenters. The van der Waals surface area contributed by atoms with Crippen molar-refractivity contribution in [2.45, 2.75) is 6.54 Å². The lowest BCUT2D eigenvalue weighted by molar-refractivity contribution is 1.14. The first-order valence-corrected chi connectivity index (χ1v) is 7.27. The van der Waals surface area contributed by atoms with Crippen LogP contribution in [-0.4, -0.2) is 9.97 Å². The summed E-state index contributed by atoms with van der Waals surface area (Å²) in [4.78, 5) is 8.20. The fourth-order valence-corrected chi connectivity index (χ4v) is 2.42. The first-order valence-electron chi connectivity index (χ1n) is 6.10. The van der Waals surface area contributed by atoms with Crippen molar-refractivity contribution >= 4 is 44.0 Å². The van der Waals surface area contributed by atoms with E-state index in [1.165, 1.54) is 10.9 Å². The van der Waals surface area contributed by atoms with E-state index in [1.54, 1.807) is 12.4 Å². The Morgan fingerprint density at radius 3 is 2.85 bits per heavy atom. The molecule has 5 heteroatoms. The molecule has 0 spiro atoms. The number of fused-ring (bicyclic) bond motifs is 1. The van der Waals surface area contributed by atoms with Gasteiger partial charge in [0.25, 0.3) is 0 Å².